The Morgan fingerprint density at radius 3 is 2.45 bits per heavy atom. The minimum Gasteiger partial charge on any atom is -0.475 e. The number of amides is 1. The maximum Gasteiger partial charge on any atom is 0.235 e. The minimum absolute atomic E-state index is 0.0409. The zero-order valence-electron chi connectivity index (χ0n) is 17.6. The molecular weight excluding hydrogens is 392 g/mol. The molecule has 2 heterocycles. The fourth-order valence-electron chi connectivity index (χ4n) is 4.32. The van der Waals surface area contributed by atoms with E-state index in [1.54, 1.807) is 12.3 Å². The molecule has 3 aromatic rings. The SMILES string of the molecule is CC(C)Oc1ccc(NC(=O)C2(c3ccc4c(c3)OCO4)Cc3ccccc3C2)cn1. The van der Waals surface area contributed by atoms with E-state index in [1.807, 2.05) is 50.2 Å². The van der Waals surface area contributed by atoms with E-state index in [9.17, 15) is 4.79 Å². The Morgan fingerprint density at radius 2 is 1.77 bits per heavy atom. The lowest BCUT2D eigenvalue weighted by Gasteiger charge is -2.28. The summed E-state index contributed by atoms with van der Waals surface area (Å²) < 4.78 is 16.6. The van der Waals surface area contributed by atoms with Crippen LogP contribution in [0.15, 0.2) is 60.8 Å². The van der Waals surface area contributed by atoms with Gasteiger partial charge in [0.2, 0.25) is 18.6 Å². The Kier molecular flexibility index (Phi) is 4.77. The average molecular weight is 416 g/mol. The van der Waals surface area contributed by atoms with Crippen LogP contribution in [-0.4, -0.2) is 23.8 Å². The van der Waals surface area contributed by atoms with E-state index >= 15 is 0 Å². The Labute approximate surface area is 181 Å². The van der Waals surface area contributed by atoms with Gasteiger partial charge >= 0.3 is 0 Å². The van der Waals surface area contributed by atoms with E-state index in [4.69, 9.17) is 14.2 Å². The van der Waals surface area contributed by atoms with Gasteiger partial charge in [-0.2, -0.15) is 0 Å². The summed E-state index contributed by atoms with van der Waals surface area (Å²) in [5.41, 5.74) is 3.19. The van der Waals surface area contributed by atoms with Crippen LogP contribution in [-0.2, 0) is 23.1 Å². The van der Waals surface area contributed by atoms with Gasteiger partial charge in [-0.15, -0.1) is 0 Å². The quantitative estimate of drug-likeness (QED) is 0.673. The molecule has 6 heteroatoms. The number of hydrogen-bond donors (Lipinski definition) is 1. The summed E-state index contributed by atoms with van der Waals surface area (Å²) in [5, 5.41) is 3.08. The topological polar surface area (TPSA) is 69.7 Å². The van der Waals surface area contributed by atoms with Crippen molar-refractivity contribution in [1.29, 1.82) is 0 Å². The molecule has 0 bridgehead atoms. The Hall–Kier alpha value is -3.54. The van der Waals surface area contributed by atoms with Gasteiger partial charge in [-0.3, -0.25) is 4.79 Å². The largest absolute Gasteiger partial charge is 0.475 e. The van der Waals surface area contributed by atoms with Crippen molar-refractivity contribution in [3.63, 3.8) is 0 Å². The van der Waals surface area contributed by atoms with E-state index in [0.29, 0.717) is 35.9 Å². The lowest BCUT2D eigenvalue weighted by molar-refractivity contribution is -0.121. The van der Waals surface area contributed by atoms with E-state index in [-0.39, 0.29) is 18.8 Å². The molecule has 0 fully saturated rings. The Balaban J connectivity index is 1.47. The van der Waals surface area contributed by atoms with Gasteiger partial charge in [0.25, 0.3) is 0 Å². The first-order valence-corrected chi connectivity index (χ1v) is 10.4. The third-order valence-corrected chi connectivity index (χ3v) is 5.81. The highest BCUT2D eigenvalue weighted by atomic mass is 16.7. The number of ether oxygens (including phenoxy) is 3. The molecule has 1 aliphatic carbocycles. The van der Waals surface area contributed by atoms with Gasteiger partial charge in [0.05, 0.1) is 23.4 Å². The lowest BCUT2D eigenvalue weighted by atomic mass is 9.76. The summed E-state index contributed by atoms with van der Waals surface area (Å²) in [7, 11) is 0. The summed E-state index contributed by atoms with van der Waals surface area (Å²) in [6.45, 7) is 4.10. The number of nitrogens with zero attached hydrogens (tertiary/aromatic N) is 1. The summed E-state index contributed by atoms with van der Waals surface area (Å²) in [6, 6.07) is 17.6. The van der Waals surface area contributed by atoms with Crippen LogP contribution in [0.2, 0.25) is 0 Å². The summed E-state index contributed by atoms with van der Waals surface area (Å²) in [4.78, 5) is 18.0. The van der Waals surface area contributed by atoms with Crippen molar-refractivity contribution in [3.05, 3.63) is 77.5 Å². The van der Waals surface area contributed by atoms with Crippen LogP contribution >= 0.6 is 0 Å². The second-order valence-corrected chi connectivity index (χ2v) is 8.28. The smallest absolute Gasteiger partial charge is 0.235 e. The van der Waals surface area contributed by atoms with Crippen molar-refractivity contribution in [1.82, 2.24) is 4.98 Å². The number of carbonyl (C=O) groups excluding carboxylic acids is 1. The van der Waals surface area contributed by atoms with Crippen LogP contribution in [0, 0.1) is 0 Å². The van der Waals surface area contributed by atoms with Crippen molar-refractivity contribution < 1.29 is 19.0 Å². The first kappa shape index (κ1) is 19.4. The fraction of sp³-hybridized carbons (Fsp3) is 0.280. The van der Waals surface area contributed by atoms with E-state index in [2.05, 4.69) is 22.4 Å². The molecule has 1 aromatic heterocycles. The van der Waals surface area contributed by atoms with Gasteiger partial charge in [0, 0.05) is 6.07 Å². The maximum atomic E-state index is 13.7. The molecule has 0 radical (unpaired) electrons. The average Bonchev–Trinajstić information content (AvgIpc) is 3.39. The molecule has 1 N–H and O–H groups in total. The molecule has 1 aliphatic heterocycles. The molecule has 2 aliphatic rings. The van der Waals surface area contributed by atoms with Crippen LogP contribution < -0.4 is 19.5 Å². The molecule has 158 valence electrons. The summed E-state index contributed by atoms with van der Waals surface area (Å²) >= 11 is 0. The molecule has 1 amide bonds. The van der Waals surface area contributed by atoms with Gasteiger partial charge in [-0.05, 0) is 61.6 Å². The number of hydrogen-bond acceptors (Lipinski definition) is 5. The summed E-state index contributed by atoms with van der Waals surface area (Å²) in [5.74, 6) is 1.85. The molecule has 2 aromatic carbocycles. The number of nitrogens with one attached hydrogen (secondary N) is 1. The van der Waals surface area contributed by atoms with Crippen LogP contribution in [0.25, 0.3) is 0 Å². The highest BCUT2D eigenvalue weighted by molar-refractivity contribution is 6.00. The molecule has 0 atom stereocenters. The predicted molar refractivity (Wildman–Crippen MR) is 117 cm³/mol. The first-order valence-electron chi connectivity index (χ1n) is 10.4. The van der Waals surface area contributed by atoms with Crippen LogP contribution in [0.4, 0.5) is 5.69 Å². The number of aromatic nitrogens is 1. The zero-order valence-corrected chi connectivity index (χ0v) is 17.6. The number of benzene rings is 2. The summed E-state index contributed by atoms with van der Waals surface area (Å²) in [6.07, 6.45) is 2.91. The first-order chi connectivity index (χ1) is 15.0. The molecular formula is C25H24N2O4. The Bertz CT molecular complexity index is 1100. The monoisotopic (exact) mass is 416 g/mol. The molecule has 5 rings (SSSR count). The highest BCUT2D eigenvalue weighted by Gasteiger charge is 2.46. The van der Waals surface area contributed by atoms with Crippen molar-refractivity contribution in [2.45, 2.75) is 38.2 Å². The van der Waals surface area contributed by atoms with Gasteiger partial charge in [0.15, 0.2) is 11.5 Å². The van der Waals surface area contributed by atoms with Crippen LogP contribution in [0.3, 0.4) is 0 Å². The molecule has 0 saturated heterocycles. The molecule has 0 spiro atoms. The van der Waals surface area contributed by atoms with Gasteiger partial charge in [0.1, 0.15) is 0 Å². The zero-order chi connectivity index (χ0) is 21.4. The minimum atomic E-state index is -0.738. The number of pyridine rings is 1. The lowest BCUT2D eigenvalue weighted by Crippen LogP contribution is -2.41. The Morgan fingerprint density at radius 1 is 1.03 bits per heavy atom. The second-order valence-electron chi connectivity index (χ2n) is 8.28. The molecule has 31 heavy (non-hydrogen) atoms. The second kappa shape index (κ2) is 7.61. The van der Waals surface area contributed by atoms with Gasteiger partial charge in [-0.25, -0.2) is 4.98 Å². The molecule has 0 saturated carbocycles. The number of carbonyl (C=O) groups is 1. The number of anilines is 1. The predicted octanol–water partition coefficient (Wildman–Crippen LogP) is 4.27. The third-order valence-electron chi connectivity index (χ3n) is 5.81. The van der Waals surface area contributed by atoms with E-state index in [0.717, 1.165) is 5.56 Å². The molecule has 6 nitrogen and oxygen atoms in total. The third kappa shape index (κ3) is 3.58. The van der Waals surface area contributed by atoms with E-state index in [1.165, 1.54) is 11.1 Å². The van der Waals surface area contributed by atoms with Crippen molar-refractivity contribution in [2.75, 3.05) is 12.1 Å². The standard InChI is InChI=1S/C25H24N2O4/c1-16(2)31-23-10-8-20(14-26-23)27-24(28)25(12-17-5-3-4-6-18(17)13-25)19-7-9-21-22(11-19)30-15-29-21/h3-11,14,16H,12-13,15H2,1-2H3,(H,27,28). The van der Waals surface area contributed by atoms with Gasteiger partial charge in [-0.1, -0.05) is 30.3 Å². The van der Waals surface area contributed by atoms with Gasteiger partial charge < -0.3 is 19.5 Å². The number of rotatable bonds is 5. The van der Waals surface area contributed by atoms with Crippen LogP contribution in [0.1, 0.15) is 30.5 Å². The fourth-order valence-corrected chi connectivity index (χ4v) is 4.32. The molecule has 0 unspecified atom stereocenters. The van der Waals surface area contributed by atoms with Crippen molar-refractivity contribution >= 4 is 11.6 Å². The number of fused-ring (bicyclic) bond motifs is 2. The normalized spacial score (nSPS) is 15.6. The van der Waals surface area contributed by atoms with Crippen molar-refractivity contribution in [3.8, 4) is 17.4 Å². The van der Waals surface area contributed by atoms with E-state index < -0.39 is 5.41 Å². The van der Waals surface area contributed by atoms with Crippen molar-refractivity contribution in [2.24, 2.45) is 0 Å². The van der Waals surface area contributed by atoms with Crippen LogP contribution in [0.5, 0.6) is 17.4 Å². The maximum absolute atomic E-state index is 13.7. The highest BCUT2D eigenvalue weighted by Crippen LogP contribution is 2.44.